The van der Waals surface area contributed by atoms with Crippen molar-refractivity contribution in [3.63, 3.8) is 0 Å². The Bertz CT molecular complexity index is 908. The largest absolute Gasteiger partial charge is 0.611 e. The van der Waals surface area contributed by atoms with Gasteiger partial charge in [0.05, 0.1) is 5.52 Å². The van der Waals surface area contributed by atoms with Gasteiger partial charge in [-0.15, -0.1) is 0 Å². The van der Waals surface area contributed by atoms with Crippen molar-refractivity contribution in [2.24, 2.45) is 0 Å². The summed E-state index contributed by atoms with van der Waals surface area (Å²) in [5, 5.41) is 0. The summed E-state index contributed by atoms with van der Waals surface area (Å²) < 4.78 is 14.8. The average molecular weight is 385 g/mol. The number of hydrogen-bond donors (Lipinski definition) is 1. The molecule has 1 aromatic carbocycles. The van der Waals surface area contributed by atoms with Gasteiger partial charge in [0.25, 0.3) is 0 Å². The van der Waals surface area contributed by atoms with Gasteiger partial charge in [0.2, 0.25) is 0 Å². The van der Waals surface area contributed by atoms with E-state index in [0.717, 1.165) is 65.2 Å². The molecule has 2 heterocycles. The van der Waals surface area contributed by atoms with Gasteiger partial charge in [-0.25, -0.2) is 9.97 Å². The van der Waals surface area contributed by atoms with E-state index < -0.39 is 11.2 Å². The molecule has 2 aromatic heterocycles. The summed E-state index contributed by atoms with van der Waals surface area (Å²) in [6.07, 6.45) is 3.95. The first kappa shape index (κ1) is 19.7. The van der Waals surface area contributed by atoms with E-state index in [9.17, 15) is 4.55 Å². The summed E-state index contributed by atoms with van der Waals surface area (Å²) in [4.78, 5) is 10.1. The molecule has 27 heavy (non-hydrogen) atoms. The third-order valence-electron chi connectivity index (χ3n) is 4.95. The highest BCUT2D eigenvalue weighted by Crippen LogP contribution is 2.27. The molecule has 0 aliphatic heterocycles. The van der Waals surface area contributed by atoms with Crippen molar-refractivity contribution in [1.82, 2.24) is 14.5 Å². The lowest BCUT2D eigenvalue weighted by atomic mass is 10.2. The second kappa shape index (κ2) is 8.76. The number of aryl methyl sites for hydroxylation is 4. The Morgan fingerprint density at radius 2 is 1.85 bits per heavy atom. The van der Waals surface area contributed by atoms with Crippen LogP contribution < -0.4 is 5.73 Å². The van der Waals surface area contributed by atoms with E-state index in [1.807, 2.05) is 37.3 Å². The van der Waals surface area contributed by atoms with Crippen molar-refractivity contribution in [2.45, 2.75) is 57.9 Å². The molecule has 144 valence electrons. The molecular formula is C21H28N4OS. The number of nitrogens with zero attached hydrogens (tertiary/aromatic N) is 3. The first-order valence-electron chi connectivity index (χ1n) is 9.58. The number of rotatable bonds is 8. The zero-order valence-electron chi connectivity index (χ0n) is 16.4. The molecule has 0 saturated carbocycles. The highest BCUT2D eigenvalue weighted by atomic mass is 32.2. The van der Waals surface area contributed by atoms with Crippen LogP contribution >= 0.6 is 0 Å². The first-order chi connectivity index (χ1) is 13.0. The molecule has 5 nitrogen and oxygen atoms in total. The molecule has 3 rings (SSSR count). The fourth-order valence-electron chi connectivity index (χ4n) is 3.36. The smallest absolute Gasteiger partial charge is 0.152 e. The number of imidazole rings is 1. The monoisotopic (exact) mass is 384 g/mol. The third kappa shape index (κ3) is 4.28. The Morgan fingerprint density at radius 3 is 2.56 bits per heavy atom. The van der Waals surface area contributed by atoms with Crippen LogP contribution in [0, 0.1) is 13.8 Å². The Hall–Kier alpha value is -2.05. The maximum absolute atomic E-state index is 12.5. The minimum Gasteiger partial charge on any atom is -0.611 e. The van der Waals surface area contributed by atoms with Crippen LogP contribution in [-0.2, 0) is 24.1 Å². The fourth-order valence-corrected chi connectivity index (χ4v) is 4.44. The van der Waals surface area contributed by atoms with Crippen LogP contribution in [0.4, 0.5) is 5.82 Å². The van der Waals surface area contributed by atoms with E-state index in [1.165, 1.54) is 0 Å². The zero-order valence-corrected chi connectivity index (χ0v) is 17.2. The quantitative estimate of drug-likeness (QED) is 0.591. The third-order valence-corrected chi connectivity index (χ3v) is 6.40. The number of hydrogen-bond acceptors (Lipinski definition) is 4. The number of fused-ring (bicyclic) bond motifs is 1. The van der Waals surface area contributed by atoms with Crippen LogP contribution in [0.2, 0.25) is 0 Å². The lowest BCUT2D eigenvalue weighted by molar-refractivity contribution is 0.582. The summed E-state index contributed by atoms with van der Waals surface area (Å²) in [6, 6.07) is 9.66. The Kier molecular flexibility index (Phi) is 6.39. The lowest BCUT2D eigenvalue weighted by Gasteiger charge is -2.13. The van der Waals surface area contributed by atoms with Crippen LogP contribution in [0.5, 0.6) is 0 Å². The van der Waals surface area contributed by atoms with Gasteiger partial charge in [0, 0.05) is 25.1 Å². The van der Waals surface area contributed by atoms with E-state index in [-0.39, 0.29) is 0 Å². The van der Waals surface area contributed by atoms with Gasteiger partial charge in [-0.1, -0.05) is 31.5 Å². The van der Waals surface area contributed by atoms with Crippen LogP contribution in [0.3, 0.4) is 0 Å². The second-order valence-corrected chi connectivity index (χ2v) is 8.47. The Balaban J connectivity index is 1.85. The van der Waals surface area contributed by atoms with E-state index in [0.29, 0.717) is 11.6 Å². The van der Waals surface area contributed by atoms with Crippen LogP contribution in [-0.4, -0.2) is 24.8 Å². The molecule has 0 aliphatic rings. The normalized spacial score (nSPS) is 12.6. The maximum Gasteiger partial charge on any atom is 0.152 e. The number of anilines is 1. The van der Waals surface area contributed by atoms with Crippen molar-refractivity contribution in [3.8, 4) is 0 Å². The van der Waals surface area contributed by atoms with Gasteiger partial charge in [-0.05, 0) is 49.1 Å². The standard InChI is InChI=1S/C21H28N4OS/c1-4-5-12-18-24-19-20(15(2)16(3)23-21(19)22)25(18)13-9-14-27(26)17-10-7-6-8-11-17/h6-8,10-11H,4-5,9,12-14H2,1-3H3,(H2,22,23). The van der Waals surface area contributed by atoms with E-state index in [1.54, 1.807) is 0 Å². The highest BCUT2D eigenvalue weighted by molar-refractivity contribution is 7.91. The molecule has 1 atom stereocenters. The summed E-state index contributed by atoms with van der Waals surface area (Å²) in [5.41, 5.74) is 10.1. The van der Waals surface area contributed by atoms with Crippen molar-refractivity contribution in [1.29, 1.82) is 0 Å². The zero-order chi connectivity index (χ0) is 19.4. The predicted octanol–water partition coefficient (Wildman–Crippen LogP) is 4.17. The van der Waals surface area contributed by atoms with Crippen LogP contribution in [0.1, 0.15) is 43.3 Å². The number of nitrogen functional groups attached to an aromatic ring is 1. The number of unbranched alkanes of at least 4 members (excludes halogenated alkanes) is 1. The van der Waals surface area contributed by atoms with Crippen molar-refractivity contribution >= 4 is 28.0 Å². The van der Waals surface area contributed by atoms with E-state index >= 15 is 0 Å². The molecule has 0 spiro atoms. The van der Waals surface area contributed by atoms with Crippen molar-refractivity contribution in [3.05, 3.63) is 47.4 Å². The molecule has 0 radical (unpaired) electrons. The molecular weight excluding hydrogens is 356 g/mol. The van der Waals surface area contributed by atoms with Crippen LogP contribution in [0.15, 0.2) is 35.2 Å². The summed E-state index contributed by atoms with van der Waals surface area (Å²) in [6.45, 7) is 7.03. The number of aromatic nitrogens is 3. The topological polar surface area (TPSA) is 79.8 Å². The first-order valence-corrected chi connectivity index (χ1v) is 10.9. The molecule has 3 aromatic rings. The molecule has 1 unspecified atom stereocenters. The number of nitrogens with two attached hydrogens (primary N) is 1. The Labute approximate surface area is 164 Å². The maximum atomic E-state index is 12.5. The number of benzene rings is 1. The molecule has 0 bridgehead atoms. The lowest BCUT2D eigenvalue weighted by Crippen LogP contribution is -2.12. The minimum atomic E-state index is -0.976. The predicted molar refractivity (Wildman–Crippen MR) is 112 cm³/mol. The van der Waals surface area contributed by atoms with Crippen LogP contribution in [0.25, 0.3) is 11.0 Å². The van der Waals surface area contributed by atoms with E-state index in [2.05, 4.69) is 23.4 Å². The molecule has 0 saturated heterocycles. The number of pyridine rings is 1. The van der Waals surface area contributed by atoms with Crippen molar-refractivity contribution in [2.75, 3.05) is 11.5 Å². The summed E-state index contributed by atoms with van der Waals surface area (Å²) >= 11 is -0.976. The van der Waals surface area contributed by atoms with Gasteiger partial charge in [0.1, 0.15) is 17.1 Å². The highest BCUT2D eigenvalue weighted by Gasteiger charge is 2.18. The Morgan fingerprint density at radius 1 is 1.11 bits per heavy atom. The van der Waals surface area contributed by atoms with Crippen molar-refractivity contribution < 1.29 is 4.55 Å². The molecule has 0 fully saturated rings. The van der Waals surface area contributed by atoms with E-state index in [4.69, 9.17) is 10.7 Å². The SMILES string of the molecule is CCCCc1nc2c(N)nc(C)c(C)c2n1CCC[S+]([O-])c1ccccc1. The minimum absolute atomic E-state index is 0.498. The molecule has 2 N–H and O–H groups in total. The summed E-state index contributed by atoms with van der Waals surface area (Å²) in [7, 11) is 0. The average Bonchev–Trinajstić information content (AvgIpc) is 3.04. The fraction of sp³-hybridized carbons (Fsp3) is 0.429. The van der Waals surface area contributed by atoms with Gasteiger partial charge >= 0.3 is 0 Å². The molecule has 0 aliphatic carbocycles. The van der Waals surface area contributed by atoms with Gasteiger partial charge in [-0.3, -0.25) is 0 Å². The van der Waals surface area contributed by atoms with Gasteiger partial charge < -0.3 is 14.9 Å². The second-order valence-electron chi connectivity index (χ2n) is 6.90. The molecule has 0 amide bonds. The molecule has 6 heteroatoms. The van der Waals surface area contributed by atoms with Gasteiger partial charge in [-0.2, -0.15) is 0 Å². The van der Waals surface area contributed by atoms with Gasteiger partial charge in [0.15, 0.2) is 10.7 Å². The summed E-state index contributed by atoms with van der Waals surface area (Å²) in [5.74, 6) is 2.19.